The van der Waals surface area contributed by atoms with Gasteiger partial charge >= 0.3 is 0 Å². The van der Waals surface area contributed by atoms with Gasteiger partial charge in [0.15, 0.2) is 0 Å². The molecule has 1 atom stereocenters. The highest BCUT2D eigenvalue weighted by Gasteiger charge is 2.34. The predicted octanol–water partition coefficient (Wildman–Crippen LogP) is 0.212. The molecule has 2 fully saturated rings. The van der Waals surface area contributed by atoms with Crippen molar-refractivity contribution < 1.29 is 13.2 Å². The van der Waals surface area contributed by atoms with Crippen molar-refractivity contribution >= 4 is 15.9 Å². The van der Waals surface area contributed by atoms with Crippen LogP contribution < -0.4 is 0 Å². The fourth-order valence-corrected chi connectivity index (χ4v) is 4.30. The molecular formula is C14H27N3O3S. The average Bonchev–Trinajstić information content (AvgIpc) is 2.54. The third-order valence-corrected chi connectivity index (χ3v) is 6.47. The second kappa shape index (κ2) is 7.07. The second-order valence-electron chi connectivity index (χ2n) is 5.86. The van der Waals surface area contributed by atoms with Crippen molar-refractivity contribution in [3.63, 3.8) is 0 Å². The average molecular weight is 317 g/mol. The molecule has 2 saturated heterocycles. The van der Waals surface area contributed by atoms with Crippen molar-refractivity contribution in [3.8, 4) is 0 Å². The summed E-state index contributed by atoms with van der Waals surface area (Å²) >= 11 is 0. The lowest BCUT2D eigenvalue weighted by molar-refractivity contribution is -0.138. The monoisotopic (exact) mass is 317 g/mol. The van der Waals surface area contributed by atoms with E-state index in [1.54, 1.807) is 6.92 Å². The van der Waals surface area contributed by atoms with Gasteiger partial charge in [-0.25, -0.2) is 12.7 Å². The molecule has 0 bridgehead atoms. The lowest BCUT2D eigenvalue weighted by atomic mass is 9.98. The van der Waals surface area contributed by atoms with E-state index in [1.807, 2.05) is 4.90 Å². The Kier molecular flexibility index (Phi) is 5.62. The van der Waals surface area contributed by atoms with Gasteiger partial charge in [0, 0.05) is 39.3 Å². The van der Waals surface area contributed by atoms with Crippen molar-refractivity contribution in [3.05, 3.63) is 0 Å². The molecule has 0 aromatic carbocycles. The Labute approximate surface area is 128 Å². The third kappa shape index (κ3) is 3.96. The predicted molar refractivity (Wildman–Crippen MR) is 82.5 cm³/mol. The van der Waals surface area contributed by atoms with Gasteiger partial charge in [-0.3, -0.25) is 4.79 Å². The van der Waals surface area contributed by atoms with Crippen molar-refractivity contribution in [2.75, 3.05) is 51.6 Å². The molecule has 0 aromatic heterocycles. The molecule has 2 rings (SSSR count). The first-order chi connectivity index (χ1) is 9.97. The van der Waals surface area contributed by atoms with Crippen LogP contribution in [0.1, 0.15) is 26.7 Å². The molecule has 1 amide bonds. The molecule has 0 radical (unpaired) electrons. The van der Waals surface area contributed by atoms with Crippen LogP contribution in [0.25, 0.3) is 0 Å². The van der Waals surface area contributed by atoms with Gasteiger partial charge in [-0.15, -0.1) is 0 Å². The summed E-state index contributed by atoms with van der Waals surface area (Å²) in [4.78, 5) is 16.8. The van der Waals surface area contributed by atoms with Gasteiger partial charge in [-0.05, 0) is 26.3 Å². The van der Waals surface area contributed by atoms with Crippen molar-refractivity contribution in [1.82, 2.24) is 14.1 Å². The summed E-state index contributed by atoms with van der Waals surface area (Å²) < 4.78 is 25.5. The van der Waals surface area contributed by atoms with Crippen LogP contribution in [0, 0.1) is 5.92 Å². The highest BCUT2D eigenvalue weighted by Crippen LogP contribution is 2.22. The molecule has 0 N–H and O–H groups in total. The normalized spacial score (nSPS) is 26.0. The van der Waals surface area contributed by atoms with Crippen molar-refractivity contribution in [1.29, 1.82) is 0 Å². The molecule has 6 nitrogen and oxygen atoms in total. The lowest BCUT2D eigenvalue weighted by Crippen LogP contribution is -2.53. The first-order valence-electron chi connectivity index (χ1n) is 7.97. The van der Waals surface area contributed by atoms with Gasteiger partial charge in [0.1, 0.15) is 0 Å². The fraction of sp³-hybridized carbons (Fsp3) is 0.929. The zero-order chi connectivity index (χ0) is 15.5. The number of sulfonamides is 1. The lowest BCUT2D eigenvalue weighted by Gasteiger charge is -2.38. The van der Waals surface area contributed by atoms with Crippen LogP contribution in [-0.4, -0.2) is 80.0 Å². The number of piperidine rings is 1. The van der Waals surface area contributed by atoms with Crippen LogP contribution in [0.15, 0.2) is 0 Å². The van der Waals surface area contributed by atoms with Crippen molar-refractivity contribution in [2.24, 2.45) is 5.92 Å². The number of hydrogen-bond donors (Lipinski definition) is 0. The summed E-state index contributed by atoms with van der Waals surface area (Å²) in [6.45, 7) is 9.11. The van der Waals surface area contributed by atoms with Gasteiger partial charge in [0.2, 0.25) is 15.9 Å². The summed E-state index contributed by atoms with van der Waals surface area (Å²) in [5, 5.41) is 0. The standard InChI is InChI=1S/C14H27N3O3S/c1-3-15-8-10-16(11-9-15)14(18)13-6-5-7-17(12-13)21(19,20)4-2/h13H,3-12H2,1-2H3/t13-/m1/s1. The van der Waals surface area contributed by atoms with Crippen molar-refractivity contribution in [2.45, 2.75) is 26.7 Å². The van der Waals surface area contributed by atoms with Gasteiger partial charge in [-0.2, -0.15) is 0 Å². The van der Waals surface area contributed by atoms with Crippen LogP contribution in [0.2, 0.25) is 0 Å². The van der Waals surface area contributed by atoms with E-state index >= 15 is 0 Å². The number of rotatable bonds is 4. The maximum absolute atomic E-state index is 12.6. The molecule has 2 heterocycles. The van der Waals surface area contributed by atoms with Crippen LogP contribution >= 0.6 is 0 Å². The molecule has 21 heavy (non-hydrogen) atoms. The number of likely N-dealkylation sites (N-methyl/N-ethyl adjacent to an activating group) is 1. The number of hydrogen-bond acceptors (Lipinski definition) is 4. The summed E-state index contributed by atoms with van der Waals surface area (Å²) in [5.41, 5.74) is 0. The number of nitrogens with zero attached hydrogens (tertiary/aromatic N) is 3. The summed E-state index contributed by atoms with van der Waals surface area (Å²) in [5.74, 6) is 0.0957. The quantitative estimate of drug-likeness (QED) is 0.744. The Morgan fingerprint density at radius 2 is 1.76 bits per heavy atom. The summed E-state index contributed by atoms with van der Waals surface area (Å²) in [7, 11) is -3.18. The Balaban J connectivity index is 1.94. The van der Waals surface area contributed by atoms with E-state index in [4.69, 9.17) is 0 Å². The summed E-state index contributed by atoms with van der Waals surface area (Å²) in [6, 6.07) is 0. The van der Waals surface area contributed by atoms with Gasteiger partial charge < -0.3 is 9.80 Å². The van der Waals surface area contributed by atoms with Crippen LogP contribution in [0.3, 0.4) is 0 Å². The van der Waals surface area contributed by atoms with E-state index in [1.165, 1.54) is 4.31 Å². The zero-order valence-electron chi connectivity index (χ0n) is 13.1. The number of amides is 1. The smallest absolute Gasteiger partial charge is 0.227 e. The van der Waals surface area contributed by atoms with Gasteiger partial charge in [0.25, 0.3) is 0 Å². The Hall–Kier alpha value is -0.660. The SMILES string of the molecule is CCN1CCN(C(=O)[C@@H]2CCCN(S(=O)(=O)CC)C2)CC1. The topological polar surface area (TPSA) is 60.9 Å². The first kappa shape index (κ1) is 16.7. The fourth-order valence-electron chi connectivity index (χ4n) is 3.12. The minimum absolute atomic E-state index is 0.114. The second-order valence-corrected chi connectivity index (χ2v) is 8.11. The van der Waals surface area contributed by atoms with Gasteiger partial charge in [-0.1, -0.05) is 6.92 Å². The minimum Gasteiger partial charge on any atom is -0.340 e. The first-order valence-corrected chi connectivity index (χ1v) is 9.57. The van der Waals surface area contributed by atoms with Crippen LogP contribution in [-0.2, 0) is 14.8 Å². The molecular weight excluding hydrogens is 290 g/mol. The highest BCUT2D eigenvalue weighted by molar-refractivity contribution is 7.89. The van der Waals surface area contributed by atoms with E-state index in [0.717, 1.165) is 45.6 Å². The molecule has 0 aliphatic carbocycles. The van der Waals surface area contributed by atoms with E-state index in [2.05, 4.69) is 11.8 Å². The Bertz CT molecular complexity index is 458. The van der Waals surface area contributed by atoms with E-state index in [0.29, 0.717) is 13.1 Å². The number of carbonyl (C=O) groups is 1. The van der Waals surface area contributed by atoms with E-state index in [-0.39, 0.29) is 17.6 Å². The van der Waals surface area contributed by atoms with Crippen LogP contribution in [0.5, 0.6) is 0 Å². The van der Waals surface area contributed by atoms with Gasteiger partial charge in [0.05, 0.1) is 11.7 Å². The molecule has 7 heteroatoms. The van der Waals surface area contributed by atoms with E-state index < -0.39 is 10.0 Å². The highest BCUT2D eigenvalue weighted by atomic mass is 32.2. The zero-order valence-corrected chi connectivity index (χ0v) is 13.9. The minimum atomic E-state index is -3.18. The Morgan fingerprint density at radius 1 is 1.10 bits per heavy atom. The third-order valence-electron chi connectivity index (χ3n) is 4.62. The summed E-state index contributed by atoms with van der Waals surface area (Å²) in [6.07, 6.45) is 1.59. The molecule has 0 unspecified atom stereocenters. The molecule has 0 aromatic rings. The van der Waals surface area contributed by atoms with E-state index in [9.17, 15) is 13.2 Å². The number of carbonyl (C=O) groups excluding carboxylic acids is 1. The molecule has 122 valence electrons. The molecule has 0 spiro atoms. The largest absolute Gasteiger partial charge is 0.340 e. The maximum atomic E-state index is 12.6. The van der Waals surface area contributed by atoms with Crippen LogP contribution in [0.4, 0.5) is 0 Å². The number of piperazine rings is 1. The molecule has 2 aliphatic heterocycles. The molecule has 0 saturated carbocycles. The maximum Gasteiger partial charge on any atom is 0.227 e. The Morgan fingerprint density at radius 3 is 2.33 bits per heavy atom. The molecule has 2 aliphatic rings.